The Hall–Kier alpha value is -2.26. The average molecular weight is 394 g/mol. The van der Waals surface area contributed by atoms with Crippen molar-refractivity contribution in [3.8, 4) is 0 Å². The third kappa shape index (κ3) is 4.72. The number of anilines is 1. The summed E-state index contributed by atoms with van der Waals surface area (Å²) in [5.41, 5.74) is -3.62. The molecule has 2 amide bonds. The Balaban J connectivity index is 1.76. The van der Waals surface area contributed by atoms with Gasteiger partial charge in [-0.3, -0.25) is 9.59 Å². The molecular weight excluding hydrogens is 378 g/mol. The summed E-state index contributed by atoms with van der Waals surface area (Å²) in [6.45, 7) is 0.649. The summed E-state index contributed by atoms with van der Waals surface area (Å²) < 4.78 is 77.2. The molecule has 0 bridgehead atoms. The molecule has 1 N–H and O–H groups in total. The van der Waals surface area contributed by atoms with Crippen molar-refractivity contribution in [2.75, 3.05) is 18.4 Å². The van der Waals surface area contributed by atoms with Gasteiger partial charge in [-0.25, -0.2) is 0 Å². The summed E-state index contributed by atoms with van der Waals surface area (Å²) in [5.74, 6) is -1.40. The van der Waals surface area contributed by atoms with E-state index in [0.717, 1.165) is 12.8 Å². The molecule has 1 atom stereocenters. The lowest BCUT2D eigenvalue weighted by Crippen LogP contribution is -2.30. The first-order valence-corrected chi connectivity index (χ1v) is 8.31. The van der Waals surface area contributed by atoms with E-state index in [-0.39, 0.29) is 24.9 Å². The van der Waals surface area contributed by atoms with Crippen LogP contribution in [0.5, 0.6) is 0 Å². The lowest BCUT2D eigenvalue weighted by molar-refractivity contribution is -0.143. The Labute approximate surface area is 150 Å². The first-order valence-electron chi connectivity index (χ1n) is 8.31. The molecule has 4 nitrogen and oxygen atoms in total. The minimum atomic E-state index is -4.99. The van der Waals surface area contributed by atoms with Gasteiger partial charge in [-0.2, -0.15) is 26.3 Å². The predicted molar refractivity (Wildman–Crippen MR) is 82.5 cm³/mol. The van der Waals surface area contributed by atoms with Crippen molar-refractivity contribution >= 4 is 17.5 Å². The number of likely N-dealkylation sites (tertiary alicyclic amines) is 1. The Morgan fingerprint density at radius 3 is 2.07 bits per heavy atom. The summed E-state index contributed by atoms with van der Waals surface area (Å²) in [6, 6.07) is 0.893. The van der Waals surface area contributed by atoms with E-state index >= 15 is 0 Å². The molecule has 27 heavy (non-hydrogen) atoms. The zero-order valence-corrected chi connectivity index (χ0v) is 14.0. The van der Waals surface area contributed by atoms with Crippen LogP contribution in [0.4, 0.5) is 32.0 Å². The van der Waals surface area contributed by atoms with E-state index in [9.17, 15) is 35.9 Å². The molecule has 1 heterocycles. The molecule has 0 radical (unpaired) electrons. The molecule has 1 saturated heterocycles. The van der Waals surface area contributed by atoms with Gasteiger partial charge in [-0.15, -0.1) is 0 Å². The summed E-state index contributed by atoms with van der Waals surface area (Å²) >= 11 is 0. The van der Waals surface area contributed by atoms with Gasteiger partial charge in [0.2, 0.25) is 11.8 Å². The highest BCUT2D eigenvalue weighted by atomic mass is 19.4. The van der Waals surface area contributed by atoms with Crippen molar-refractivity contribution in [3.05, 3.63) is 29.3 Å². The van der Waals surface area contributed by atoms with Gasteiger partial charge in [-0.1, -0.05) is 0 Å². The Kier molecular flexibility index (Phi) is 4.85. The van der Waals surface area contributed by atoms with Crippen LogP contribution in [-0.4, -0.2) is 29.8 Å². The highest BCUT2D eigenvalue weighted by Crippen LogP contribution is 2.38. The molecule has 1 aliphatic heterocycles. The maximum atomic E-state index is 12.9. The van der Waals surface area contributed by atoms with Crippen molar-refractivity contribution in [1.82, 2.24) is 4.90 Å². The van der Waals surface area contributed by atoms with Crippen LogP contribution < -0.4 is 5.32 Å². The fourth-order valence-corrected chi connectivity index (χ4v) is 3.01. The number of halogens is 6. The number of nitrogens with zero attached hydrogens (tertiary/aromatic N) is 1. The molecule has 3 rings (SSSR count). The number of carbonyl (C=O) groups excluding carboxylic acids is 2. The first-order chi connectivity index (χ1) is 12.4. The molecule has 2 fully saturated rings. The molecule has 1 saturated carbocycles. The number of benzene rings is 1. The number of nitrogens with one attached hydrogen (secondary N) is 1. The number of amides is 2. The zero-order chi connectivity index (χ0) is 20.0. The first kappa shape index (κ1) is 19.5. The van der Waals surface area contributed by atoms with E-state index in [1.807, 2.05) is 0 Å². The second-order valence-electron chi connectivity index (χ2n) is 6.93. The Bertz CT molecular complexity index is 723. The van der Waals surface area contributed by atoms with E-state index in [0.29, 0.717) is 24.6 Å². The van der Waals surface area contributed by atoms with Gasteiger partial charge in [0.15, 0.2) is 0 Å². The maximum absolute atomic E-state index is 12.9. The molecule has 1 aromatic rings. The molecular formula is C17H16F6N2O2. The second-order valence-corrected chi connectivity index (χ2v) is 6.93. The highest BCUT2D eigenvalue weighted by Gasteiger charge is 2.39. The SMILES string of the molecule is O=C(Nc1cc(C(F)(F)F)cc(C(F)(F)F)c1)C1CC(=O)N(CC2CC2)C1. The van der Waals surface area contributed by atoms with Crippen molar-refractivity contribution in [2.24, 2.45) is 11.8 Å². The fraction of sp³-hybridized carbons (Fsp3) is 0.529. The van der Waals surface area contributed by atoms with Crippen LogP contribution in [0.2, 0.25) is 0 Å². The summed E-state index contributed by atoms with van der Waals surface area (Å²) in [7, 11) is 0. The molecule has 1 aliphatic carbocycles. The summed E-state index contributed by atoms with van der Waals surface area (Å²) in [4.78, 5) is 25.7. The van der Waals surface area contributed by atoms with Gasteiger partial charge < -0.3 is 10.2 Å². The van der Waals surface area contributed by atoms with Crippen LogP contribution in [0, 0.1) is 11.8 Å². The summed E-state index contributed by atoms with van der Waals surface area (Å²) in [6.07, 6.45) is -8.09. The quantitative estimate of drug-likeness (QED) is 0.787. The molecule has 148 valence electrons. The normalized spacial score (nSPS) is 20.9. The Morgan fingerprint density at radius 2 is 1.59 bits per heavy atom. The van der Waals surface area contributed by atoms with Crippen LogP contribution in [0.1, 0.15) is 30.4 Å². The lowest BCUT2D eigenvalue weighted by atomic mass is 10.1. The maximum Gasteiger partial charge on any atom is 0.416 e. The smallest absolute Gasteiger partial charge is 0.342 e. The number of rotatable bonds is 4. The van der Waals surface area contributed by atoms with E-state index in [2.05, 4.69) is 5.32 Å². The van der Waals surface area contributed by atoms with E-state index in [1.165, 1.54) is 4.90 Å². The van der Waals surface area contributed by atoms with Crippen LogP contribution >= 0.6 is 0 Å². The van der Waals surface area contributed by atoms with Crippen molar-refractivity contribution in [2.45, 2.75) is 31.6 Å². The van der Waals surface area contributed by atoms with Gasteiger partial charge in [0.1, 0.15) is 0 Å². The van der Waals surface area contributed by atoms with Gasteiger partial charge in [-0.05, 0) is 37.0 Å². The molecule has 10 heteroatoms. The highest BCUT2D eigenvalue weighted by molar-refractivity contribution is 5.97. The number of alkyl halides is 6. The van der Waals surface area contributed by atoms with Crippen LogP contribution in [0.3, 0.4) is 0 Å². The molecule has 1 unspecified atom stereocenters. The molecule has 0 spiro atoms. The van der Waals surface area contributed by atoms with Gasteiger partial charge in [0.05, 0.1) is 17.0 Å². The topological polar surface area (TPSA) is 49.4 Å². The predicted octanol–water partition coefficient (Wildman–Crippen LogP) is 3.92. The van der Waals surface area contributed by atoms with E-state index in [1.54, 1.807) is 0 Å². The second kappa shape index (κ2) is 6.72. The monoisotopic (exact) mass is 394 g/mol. The van der Waals surface area contributed by atoms with Crippen molar-refractivity contribution in [1.29, 1.82) is 0 Å². The number of hydrogen-bond acceptors (Lipinski definition) is 2. The lowest BCUT2D eigenvalue weighted by Gasteiger charge is -2.17. The summed E-state index contributed by atoms with van der Waals surface area (Å²) in [5, 5.41) is 2.10. The van der Waals surface area contributed by atoms with Gasteiger partial charge >= 0.3 is 12.4 Å². The number of hydrogen-bond donors (Lipinski definition) is 1. The van der Waals surface area contributed by atoms with Crippen LogP contribution in [0.25, 0.3) is 0 Å². The minimum absolute atomic E-state index is 0.00782. The van der Waals surface area contributed by atoms with Crippen LogP contribution in [0.15, 0.2) is 18.2 Å². The average Bonchev–Trinajstić information content (AvgIpc) is 3.27. The van der Waals surface area contributed by atoms with Crippen molar-refractivity contribution < 1.29 is 35.9 Å². The standard InChI is InChI=1S/C17H16F6N2O2/c18-16(19,20)11-4-12(17(21,22)23)6-13(5-11)24-15(27)10-3-14(26)25(8-10)7-9-1-2-9/h4-6,9-10H,1-3,7-8H2,(H,24,27). The molecule has 1 aromatic carbocycles. The molecule has 2 aliphatic rings. The van der Waals surface area contributed by atoms with E-state index < -0.39 is 41.0 Å². The Morgan fingerprint density at radius 1 is 1.04 bits per heavy atom. The van der Waals surface area contributed by atoms with E-state index in [4.69, 9.17) is 0 Å². The third-order valence-electron chi connectivity index (χ3n) is 4.62. The minimum Gasteiger partial charge on any atom is -0.342 e. The van der Waals surface area contributed by atoms with Gasteiger partial charge in [0, 0.05) is 25.2 Å². The zero-order valence-electron chi connectivity index (χ0n) is 14.0. The third-order valence-corrected chi connectivity index (χ3v) is 4.62. The van der Waals surface area contributed by atoms with Crippen LogP contribution in [-0.2, 0) is 21.9 Å². The fourth-order valence-electron chi connectivity index (χ4n) is 3.01. The van der Waals surface area contributed by atoms with Crippen molar-refractivity contribution in [3.63, 3.8) is 0 Å². The number of carbonyl (C=O) groups is 2. The largest absolute Gasteiger partial charge is 0.416 e. The molecule has 0 aromatic heterocycles. The van der Waals surface area contributed by atoms with Gasteiger partial charge in [0.25, 0.3) is 0 Å².